The second-order valence-electron chi connectivity index (χ2n) is 4.47. The second-order valence-corrected chi connectivity index (χ2v) is 4.47. The maximum absolute atomic E-state index is 4.56. The van der Waals surface area contributed by atoms with Crippen molar-refractivity contribution in [3.8, 4) is 0 Å². The van der Waals surface area contributed by atoms with Gasteiger partial charge in [0.2, 0.25) is 0 Å². The molecule has 0 amide bonds. The van der Waals surface area contributed by atoms with Gasteiger partial charge in [0.05, 0.1) is 5.69 Å². The summed E-state index contributed by atoms with van der Waals surface area (Å²) in [5.74, 6) is 0.673. The van der Waals surface area contributed by atoms with E-state index < -0.39 is 0 Å². The van der Waals surface area contributed by atoms with E-state index in [1.165, 1.54) is 48.9 Å². The van der Waals surface area contributed by atoms with Crippen molar-refractivity contribution in [1.29, 1.82) is 0 Å². The van der Waals surface area contributed by atoms with Gasteiger partial charge in [-0.1, -0.05) is 31.9 Å². The van der Waals surface area contributed by atoms with Crippen molar-refractivity contribution in [1.82, 2.24) is 4.98 Å². The smallest absolute Gasteiger partial charge is 0.0509 e. The molecule has 0 bridgehead atoms. The third kappa shape index (κ3) is 2.11. The van der Waals surface area contributed by atoms with Crippen molar-refractivity contribution in [3.05, 3.63) is 35.7 Å². The van der Waals surface area contributed by atoms with E-state index in [0.29, 0.717) is 5.92 Å². The van der Waals surface area contributed by atoms with Gasteiger partial charge in [0, 0.05) is 12.1 Å². The number of nitrogens with zero attached hydrogens (tertiary/aromatic N) is 1. The molecule has 1 heteroatoms. The van der Waals surface area contributed by atoms with Crippen molar-refractivity contribution in [2.75, 3.05) is 0 Å². The molecular weight excluding hydrogens is 182 g/mol. The zero-order valence-electron chi connectivity index (χ0n) is 9.50. The van der Waals surface area contributed by atoms with Gasteiger partial charge in [0.25, 0.3) is 0 Å². The summed E-state index contributed by atoms with van der Waals surface area (Å²) in [5, 5.41) is 0. The van der Waals surface area contributed by atoms with Crippen LogP contribution in [0, 0.1) is 6.92 Å². The summed E-state index contributed by atoms with van der Waals surface area (Å²) in [6.45, 7) is 6.05. The van der Waals surface area contributed by atoms with E-state index in [0.717, 1.165) is 0 Å². The molecule has 0 spiro atoms. The van der Waals surface area contributed by atoms with Crippen molar-refractivity contribution in [2.24, 2.45) is 0 Å². The summed E-state index contributed by atoms with van der Waals surface area (Å²) in [6, 6.07) is 2.07. The molecule has 1 aromatic heterocycles. The van der Waals surface area contributed by atoms with E-state index in [1.807, 2.05) is 12.3 Å². The Kier molecular flexibility index (Phi) is 3.20. The van der Waals surface area contributed by atoms with Gasteiger partial charge < -0.3 is 0 Å². The quantitative estimate of drug-likeness (QED) is 0.702. The Labute approximate surface area is 92.2 Å². The normalized spacial score (nSPS) is 17.7. The Hall–Kier alpha value is -1.11. The van der Waals surface area contributed by atoms with E-state index in [-0.39, 0.29) is 0 Å². The van der Waals surface area contributed by atoms with Crippen LogP contribution in [-0.2, 0) is 0 Å². The number of rotatable bonds is 2. The van der Waals surface area contributed by atoms with Gasteiger partial charge in [0.15, 0.2) is 0 Å². The molecule has 0 unspecified atom stereocenters. The lowest BCUT2D eigenvalue weighted by molar-refractivity contribution is 0.436. The highest BCUT2D eigenvalue weighted by atomic mass is 14.7. The van der Waals surface area contributed by atoms with E-state index in [1.54, 1.807) is 0 Å². The van der Waals surface area contributed by atoms with Gasteiger partial charge in [-0.2, -0.15) is 0 Å². The Morgan fingerprint density at radius 1 is 1.33 bits per heavy atom. The summed E-state index contributed by atoms with van der Waals surface area (Å²) >= 11 is 0. The summed E-state index contributed by atoms with van der Waals surface area (Å²) in [6.07, 6.45) is 10.6. The van der Waals surface area contributed by atoms with Crippen LogP contribution >= 0.6 is 0 Å². The molecule has 1 nitrogen and oxygen atoms in total. The molecule has 80 valence electrons. The predicted octanol–water partition coefficient (Wildman–Crippen LogP) is 4.08. The topological polar surface area (TPSA) is 12.9 Å². The van der Waals surface area contributed by atoms with Crippen molar-refractivity contribution in [3.63, 3.8) is 0 Å². The summed E-state index contributed by atoms with van der Waals surface area (Å²) in [4.78, 5) is 4.56. The molecule has 0 radical (unpaired) electrons. The molecule has 0 aromatic carbocycles. The third-order valence-corrected chi connectivity index (χ3v) is 3.43. The van der Waals surface area contributed by atoms with Crippen LogP contribution in [0.2, 0.25) is 0 Å². The Balaban J connectivity index is 2.33. The molecule has 0 atom stereocenters. The lowest BCUT2D eigenvalue weighted by Crippen LogP contribution is -2.08. The molecule has 1 aromatic rings. The first-order valence-corrected chi connectivity index (χ1v) is 5.91. The van der Waals surface area contributed by atoms with Gasteiger partial charge in [-0.25, -0.2) is 0 Å². The third-order valence-electron chi connectivity index (χ3n) is 3.43. The van der Waals surface area contributed by atoms with E-state index in [4.69, 9.17) is 0 Å². The summed E-state index contributed by atoms with van der Waals surface area (Å²) in [7, 11) is 0. The fourth-order valence-corrected chi connectivity index (χ4v) is 2.56. The average Bonchev–Trinajstić information content (AvgIpc) is 2.30. The van der Waals surface area contributed by atoms with Crippen LogP contribution in [0.3, 0.4) is 0 Å². The van der Waals surface area contributed by atoms with Crippen LogP contribution in [0.15, 0.2) is 18.8 Å². The summed E-state index contributed by atoms with van der Waals surface area (Å²) in [5.41, 5.74) is 3.86. The van der Waals surface area contributed by atoms with Gasteiger partial charge in [0.1, 0.15) is 0 Å². The second kappa shape index (κ2) is 4.61. The van der Waals surface area contributed by atoms with Gasteiger partial charge >= 0.3 is 0 Å². The van der Waals surface area contributed by atoms with E-state index in [9.17, 15) is 0 Å². The minimum absolute atomic E-state index is 0.673. The van der Waals surface area contributed by atoms with Crippen LogP contribution in [0.1, 0.15) is 54.8 Å². The minimum Gasteiger partial charge on any atom is -0.260 e. The Bertz CT molecular complexity index is 348. The molecule has 1 aliphatic rings. The lowest BCUT2D eigenvalue weighted by Gasteiger charge is -2.23. The highest BCUT2D eigenvalue weighted by Gasteiger charge is 2.19. The van der Waals surface area contributed by atoms with Crippen LogP contribution in [0.4, 0.5) is 0 Å². The van der Waals surface area contributed by atoms with Crippen LogP contribution in [0.5, 0.6) is 0 Å². The Morgan fingerprint density at radius 3 is 2.73 bits per heavy atom. The predicted molar refractivity (Wildman–Crippen MR) is 64.9 cm³/mol. The SMILES string of the molecule is C=Cc1c(C)ccnc1C1CCCCC1. The molecule has 15 heavy (non-hydrogen) atoms. The van der Waals surface area contributed by atoms with Crippen LogP contribution in [-0.4, -0.2) is 4.98 Å². The Morgan fingerprint density at radius 2 is 2.07 bits per heavy atom. The van der Waals surface area contributed by atoms with E-state index >= 15 is 0 Å². The average molecular weight is 201 g/mol. The molecule has 1 heterocycles. The first-order chi connectivity index (χ1) is 7.33. The number of aromatic nitrogens is 1. The lowest BCUT2D eigenvalue weighted by atomic mass is 9.84. The zero-order chi connectivity index (χ0) is 10.7. The van der Waals surface area contributed by atoms with Gasteiger partial charge in [-0.3, -0.25) is 4.98 Å². The summed E-state index contributed by atoms with van der Waals surface area (Å²) < 4.78 is 0. The van der Waals surface area contributed by atoms with E-state index in [2.05, 4.69) is 24.6 Å². The first kappa shape index (κ1) is 10.4. The molecule has 2 rings (SSSR count). The molecule has 0 N–H and O–H groups in total. The van der Waals surface area contributed by atoms with Crippen molar-refractivity contribution < 1.29 is 0 Å². The molecule has 1 fully saturated rings. The standard InChI is InChI=1S/C14H19N/c1-3-13-11(2)9-10-15-14(13)12-7-5-4-6-8-12/h3,9-10,12H,1,4-8H2,2H3. The van der Waals surface area contributed by atoms with Crippen molar-refractivity contribution in [2.45, 2.75) is 44.9 Å². The number of hydrogen-bond acceptors (Lipinski definition) is 1. The molecule has 1 saturated carbocycles. The minimum atomic E-state index is 0.673. The van der Waals surface area contributed by atoms with Crippen molar-refractivity contribution >= 4 is 6.08 Å². The fourth-order valence-electron chi connectivity index (χ4n) is 2.56. The highest BCUT2D eigenvalue weighted by molar-refractivity contribution is 5.54. The monoisotopic (exact) mass is 201 g/mol. The molecule has 0 saturated heterocycles. The van der Waals surface area contributed by atoms with Gasteiger partial charge in [-0.15, -0.1) is 0 Å². The fraction of sp³-hybridized carbons (Fsp3) is 0.500. The first-order valence-electron chi connectivity index (χ1n) is 5.91. The zero-order valence-corrected chi connectivity index (χ0v) is 9.50. The molecule has 0 aliphatic heterocycles. The van der Waals surface area contributed by atoms with Crippen LogP contribution in [0.25, 0.3) is 6.08 Å². The highest BCUT2D eigenvalue weighted by Crippen LogP contribution is 2.34. The van der Waals surface area contributed by atoms with Crippen LogP contribution < -0.4 is 0 Å². The maximum atomic E-state index is 4.56. The molecule has 1 aliphatic carbocycles. The number of hydrogen-bond donors (Lipinski definition) is 0. The largest absolute Gasteiger partial charge is 0.260 e. The molecular formula is C14H19N. The number of pyridine rings is 1. The number of aryl methyl sites for hydroxylation is 1. The maximum Gasteiger partial charge on any atom is 0.0509 e. The van der Waals surface area contributed by atoms with Gasteiger partial charge in [-0.05, 0) is 37.0 Å².